The largest absolute Gasteiger partial charge is 0.433 e. The van der Waals surface area contributed by atoms with Crippen molar-refractivity contribution in [1.29, 1.82) is 0 Å². The molecule has 2 aliphatic rings. The first-order valence-corrected chi connectivity index (χ1v) is 6.63. The number of nitrogens with zero attached hydrogens (tertiary/aromatic N) is 3. The molecular weight excluding hydrogens is 264 g/mol. The highest BCUT2D eigenvalue weighted by Gasteiger charge is 2.30. The third-order valence-corrected chi connectivity index (χ3v) is 3.86. The van der Waals surface area contributed by atoms with Crippen molar-refractivity contribution in [3.05, 3.63) is 28.0 Å². The van der Waals surface area contributed by atoms with Gasteiger partial charge in [0.25, 0.3) is 5.91 Å². The zero-order valence-corrected chi connectivity index (χ0v) is 10.9. The number of carbonyl (C=O) groups excluding carboxylic acids is 1. The molecule has 1 aromatic heterocycles. The molecule has 0 spiro atoms. The molecule has 0 bridgehead atoms. The summed E-state index contributed by atoms with van der Waals surface area (Å²) in [5.41, 5.74) is 0. The monoisotopic (exact) mass is 280 g/mol. The van der Waals surface area contributed by atoms with Gasteiger partial charge in [0.2, 0.25) is 0 Å². The summed E-state index contributed by atoms with van der Waals surface area (Å²) in [5.74, 6) is -0.632. The molecule has 0 unspecified atom stereocenters. The van der Waals surface area contributed by atoms with Crippen LogP contribution >= 0.6 is 0 Å². The van der Waals surface area contributed by atoms with Crippen molar-refractivity contribution in [2.45, 2.75) is 6.04 Å². The maximum Gasteiger partial charge on any atom is 0.433 e. The maximum atomic E-state index is 12.2. The summed E-state index contributed by atoms with van der Waals surface area (Å²) in [5, 5.41) is 13.8. The van der Waals surface area contributed by atoms with Gasteiger partial charge in [0.15, 0.2) is 5.76 Å². The molecule has 8 nitrogen and oxygen atoms in total. The number of piperazine rings is 1. The van der Waals surface area contributed by atoms with E-state index in [0.717, 1.165) is 26.2 Å². The van der Waals surface area contributed by atoms with Gasteiger partial charge < -0.3 is 14.6 Å². The molecule has 3 rings (SSSR count). The van der Waals surface area contributed by atoms with Crippen LogP contribution < -0.4 is 5.32 Å². The first-order valence-electron chi connectivity index (χ1n) is 6.63. The van der Waals surface area contributed by atoms with Gasteiger partial charge in [-0.1, -0.05) is 0 Å². The average Bonchev–Trinajstić information content (AvgIpc) is 2.86. The van der Waals surface area contributed by atoms with Crippen LogP contribution in [0.5, 0.6) is 0 Å². The summed E-state index contributed by atoms with van der Waals surface area (Å²) in [6, 6.07) is 3.16. The van der Waals surface area contributed by atoms with E-state index in [-0.39, 0.29) is 11.7 Å². The lowest BCUT2D eigenvalue weighted by molar-refractivity contribution is -0.402. The average molecular weight is 280 g/mol. The van der Waals surface area contributed by atoms with E-state index in [1.807, 2.05) is 0 Å². The van der Waals surface area contributed by atoms with E-state index in [9.17, 15) is 14.9 Å². The SMILES string of the molecule is O=C(c1ccc([N+](=O)[O-])o1)N1CCN(C2CNC2)CC1. The Kier molecular flexibility index (Phi) is 3.41. The van der Waals surface area contributed by atoms with Gasteiger partial charge in [-0.2, -0.15) is 0 Å². The Bertz CT molecular complexity index is 517. The lowest BCUT2D eigenvalue weighted by Crippen LogP contribution is -2.62. The second-order valence-electron chi connectivity index (χ2n) is 5.04. The van der Waals surface area contributed by atoms with Gasteiger partial charge in [0.05, 0.1) is 6.07 Å². The molecule has 20 heavy (non-hydrogen) atoms. The van der Waals surface area contributed by atoms with Crippen molar-refractivity contribution >= 4 is 11.8 Å². The summed E-state index contributed by atoms with van der Waals surface area (Å²) in [7, 11) is 0. The molecule has 108 valence electrons. The van der Waals surface area contributed by atoms with Crippen LogP contribution in [0.4, 0.5) is 5.88 Å². The number of hydrogen-bond acceptors (Lipinski definition) is 6. The van der Waals surface area contributed by atoms with Crippen LogP contribution in [0.25, 0.3) is 0 Å². The van der Waals surface area contributed by atoms with E-state index < -0.39 is 10.8 Å². The molecule has 2 saturated heterocycles. The summed E-state index contributed by atoms with van der Waals surface area (Å²) >= 11 is 0. The first-order chi connectivity index (χ1) is 9.65. The molecule has 2 aliphatic heterocycles. The molecular formula is C12H16N4O4. The van der Waals surface area contributed by atoms with E-state index >= 15 is 0 Å². The molecule has 1 aromatic rings. The lowest BCUT2D eigenvalue weighted by Gasteiger charge is -2.43. The fourth-order valence-electron chi connectivity index (χ4n) is 2.52. The van der Waals surface area contributed by atoms with Crippen LogP contribution in [-0.2, 0) is 0 Å². The number of hydrogen-bond donors (Lipinski definition) is 1. The Morgan fingerprint density at radius 2 is 2.00 bits per heavy atom. The van der Waals surface area contributed by atoms with Crippen molar-refractivity contribution in [2.24, 2.45) is 0 Å². The number of amides is 1. The second-order valence-corrected chi connectivity index (χ2v) is 5.04. The van der Waals surface area contributed by atoms with Gasteiger partial charge in [0.1, 0.15) is 4.92 Å². The third-order valence-electron chi connectivity index (χ3n) is 3.86. The topological polar surface area (TPSA) is 91.9 Å². The minimum Gasteiger partial charge on any atom is -0.395 e. The standard InChI is InChI=1S/C12H16N4O4/c17-12(10-1-2-11(20-10)16(18)19)15-5-3-14(4-6-15)9-7-13-8-9/h1-2,9,13H,3-8H2. The molecule has 0 aromatic carbocycles. The molecule has 1 amide bonds. The van der Waals surface area contributed by atoms with Crippen LogP contribution in [0.3, 0.4) is 0 Å². The van der Waals surface area contributed by atoms with Crippen molar-refractivity contribution in [2.75, 3.05) is 39.3 Å². The second kappa shape index (κ2) is 5.22. The van der Waals surface area contributed by atoms with Crippen molar-refractivity contribution in [3.8, 4) is 0 Å². The van der Waals surface area contributed by atoms with Gasteiger partial charge >= 0.3 is 5.88 Å². The Hall–Kier alpha value is -1.93. The minimum atomic E-state index is -0.641. The molecule has 2 fully saturated rings. The van der Waals surface area contributed by atoms with Gasteiger partial charge in [-0.3, -0.25) is 19.8 Å². The van der Waals surface area contributed by atoms with E-state index in [0.29, 0.717) is 19.1 Å². The van der Waals surface area contributed by atoms with Gasteiger partial charge in [-0.25, -0.2) is 0 Å². The zero-order valence-electron chi connectivity index (χ0n) is 10.9. The summed E-state index contributed by atoms with van der Waals surface area (Å²) in [6.45, 7) is 4.95. The van der Waals surface area contributed by atoms with E-state index in [2.05, 4.69) is 10.2 Å². The Balaban J connectivity index is 1.59. The molecule has 0 atom stereocenters. The molecule has 3 heterocycles. The summed E-state index contributed by atoms with van der Waals surface area (Å²) in [6.07, 6.45) is 0. The molecule has 0 saturated carbocycles. The van der Waals surface area contributed by atoms with E-state index in [4.69, 9.17) is 4.42 Å². The third kappa shape index (κ3) is 2.39. The van der Waals surface area contributed by atoms with Gasteiger partial charge in [0, 0.05) is 45.3 Å². The van der Waals surface area contributed by atoms with Crippen molar-refractivity contribution in [3.63, 3.8) is 0 Å². The van der Waals surface area contributed by atoms with Crippen LogP contribution in [0.2, 0.25) is 0 Å². The van der Waals surface area contributed by atoms with E-state index in [1.54, 1.807) is 4.90 Å². The smallest absolute Gasteiger partial charge is 0.395 e. The quantitative estimate of drug-likeness (QED) is 0.615. The predicted octanol–water partition coefficient (Wildman–Crippen LogP) is -0.0826. The number of nitro groups is 1. The molecule has 8 heteroatoms. The fraction of sp³-hybridized carbons (Fsp3) is 0.583. The molecule has 0 radical (unpaired) electrons. The number of nitrogens with one attached hydrogen (secondary N) is 1. The molecule has 0 aliphatic carbocycles. The predicted molar refractivity (Wildman–Crippen MR) is 69.5 cm³/mol. The Morgan fingerprint density at radius 1 is 1.30 bits per heavy atom. The van der Waals surface area contributed by atoms with Crippen LogP contribution in [-0.4, -0.2) is 65.9 Å². The minimum absolute atomic E-state index is 0.0375. The molecule has 1 N–H and O–H groups in total. The summed E-state index contributed by atoms with van der Waals surface area (Å²) < 4.78 is 4.95. The van der Waals surface area contributed by atoms with Crippen LogP contribution in [0.15, 0.2) is 16.5 Å². The highest BCUT2D eigenvalue weighted by Crippen LogP contribution is 2.18. The van der Waals surface area contributed by atoms with E-state index in [1.165, 1.54) is 12.1 Å². The Morgan fingerprint density at radius 3 is 2.50 bits per heavy atom. The van der Waals surface area contributed by atoms with Gasteiger partial charge in [-0.05, 0) is 6.07 Å². The number of rotatable bonds is 3. The lowest BCUT2D eigenvalue weighted by atomic mass is 10.1. The van der Waals surface area contributed by atoms with Crippen molar-refractivity contribution in [1.82, 2.24) is 15.1 Å². The van der Waals surface area contributed by atoms with Crippen LogP contribution in [0, 0.1) is 10.1 Å². The number of carbonyl (C=O) groups is 1. The zero-order chi connectivity index (χ0) is 14.1. The first kappa shape index (κ1) is 13.1. The summed E-state index contributed by atoms with van der Waals surface area (Å²) in [4.78, 5) is 26.1. The highest BCUT2D eigenvalue weighted by atomic mass is 16.6. The normalized spacial score (nSPS) is 20.7. The number of furan rings is 1. The fourth-order valence-corrected chi connectivity index (χ4v) is 2.52. The van der Waals surface area contributed by atoms with Crippen LogP contribution in [0.1, 0.15) is 10.6 Å². The van der Waals surface area contributed by atoms with Gasteiger partial charge in [-0.15, -0.1) is 0 Å². The maximum absolute atomic E-state index is 12.2. The highest BCUT2D eigenvalue weighted by molar-refractivity contribution is 5.91. The Labute approximate surface area is 115 Å². The van der Waals surface area contributed by atoms with Crippen molar-refractivity contribution < 1.29 is 14.1 Å².